The molecule has 40 heavy (non-hydrogen) atoms. The van der Waals surface area contributed by atoms with Gasteiger partial charge in [0.1, 0.15) is 24.5 Å². The maximum atomic E-state index is 13.9. The molecule has 1 atom stereocenters. The van der Waals surface area contributed by atoms with Crippen LogP contribution in [0.15, 0.2) is 23.2 Å². The van der Waals surface area contributed by atoms with Gasteiger partial charge in [-0.1, -0.05) is 31.3 Å². The van der Waals surface area contributed by atoms with Gasteiger partial charge in [-0.2, -0.15) is 13.2 Å². The van der Waals surface area contributed by atoms with E-state index in [4.69, 9.17) is 23.0 Å². The van der Waals surface area contributed by atoms with Crippen molar-refractivity contribution in [1.29, 1.82) is 0 Å². The fourth-order valence-corrected chi connectivity index (χ4v) is 5.71. The van der Waals surface area contributed by atoms with Crippen LogP contribution < -0.4 is 4.74 Å². The molecule has 0 spiro atoms. The van der Waals surface area contributed by atoms with E-state index < -0.39 is 36.3 Å². The van der Waals surface area contributed by atoms with E-state index in [9.17, 15) is 17.7 Å². The lowest BCUT2D eigenvalue weighted by atomic mass is 9.93. The standard InChI is InChI=1S/C29H43F3NO6P/c1-9-10-11-12-13-18-35-25-15-14-23(19-24(25)29(30,31)32)16-17-28(20-36-22(2)33-28)21-37-40(34,38-26(3,4)5)39-27(6,7)8/h14-15,19H,9-11,16-18,20-21H2,1-8H3. The van der Waals surface area contributed by atoms with Crippen LogP contribution in [-0.4, -0.2) is 42.5 Å². The fraction of sp³-hybridized carbons (Fsp3) is 0.690. The van der Waals surface area contributed by atoms with Gasteiger partial charge in [-0.15, -0.1) is 0 Å². The molecular weight excluding hydrogens is 546 g/mol. The van der Waals surface area contributed by atoms with E-state index >= 15 is 0 Å². The molecule has 0 fully saturated rings. The zero-order chi connectivity index (χ0) is 30.2. The average Bonchev–Trinajstić information content (AvgIpc) is 3.17. The zero-order valence-electron chi connectivity index (χ0n) is 24.9. The van der Waals surface area contributed by atoms with Crippen molar-refractivity contribution < 1.29 is 40.8 Å². The van der Waals surface area contributed by atoms with Gasteiger partial charge in [0.05, 0.1) is 23.4 Å². The number of alkyl halides is 3. The summed E-state index contributed by atoms with van der Waals surface area (Å²) in [6, 6.07) is 3.99. The summed E-state index contributed by atoms with van der Waals surface area (Å²) in [6.45, 7) is 13.9. The van der Waals surface area contributed by atoms with Gasteiger partial charge in [0, 0.05) is 13.3 Å². The third-order valence-electron chi connectivity index (χ3n) is 5.52. The Morgan fingerprint density at radius 1 is 1.07 bits per heavy atom. The van der Waals surface area contributed by atoms with Crippen molar-refractivity contribution in [2.45, 2.75) is 110 Å². The molecule has 0 saturated carbocycles. The summed E-state index contributed by atoms with van der Waals surface area (Å²) in [5, 5.41) is 0. The van der Waals surface area contributed by atoms with E-state index in [1.54, 1.807) is 54.5 Å². The number of hydrogen-bond donors (Lipinski definition) is 0. The number of nitrogens with zero attached hydrogens (tertiary/aromatic N) is 1. The van der Waals surface area contributed by atoms with Crippen molar-refractivity contribution in [2.24, 2.45) is 4.99 Å². The van der Waals surface area contributed by atoms with Gasteiger partial charge >= 0.3 is 14.0 Å². The van der Waals surface area contributed by atoms with Crippen LogP contribution in [0, 0.1) is 11.8 Å². The van der Waals surface area contributed by atoms with Crippen LogP contribution in [0.2, 0.25) is 0 Å². The van der Waals surface area contributed by atoms with Crippen LogP contribution in [0.4, 0.5) is 13.2 Å². The summed E-state index contributed by atoms with van der Waals surface area (Å²) in [6.07, 6.45) is -1.49. The maximum Gasteiger partial charge on any atom is 0.475 e. The molecule has 1 aromatic rings. The van der Waals surface area contributed by atoms with Crippen LogP contribution >= 0.6 is 7.82 Å². The molecule has 226 valence electrons. The molecule has 1 aliphatic rings. The zero-order valence-corrected chi connectivity index (χ0v) is 25.8. The molecule has 0 aromatic heterocycles. The second kappa shape index (κ2) is 13.7. The number of benzene rings is 1. The predicted molar refractivity (Wildman–Crippen MR) is 150 cm³/mol. The number of hydrogen-bond acceptors (Lipinski definition) is 7. The average molecular weight is 590 g/mol. The predicted octanol–water partition coefficient (Wildman–Crippen LogP) is 8.15. The maximum absolute atomic E-state index is 13.9. The lowest BCUT2D eigenvalue weighted by Crippen LogP contribution is -2.36. The van der Waals surface area contributed by atoms with Gasteiger partial charge in [-0.05, 0) is 78.5 Å². The molecule has 1 aromatic carbocycles. The first-order chi connectivity index (χ1) is 18.4. The first kappa shape index (κ1) is 34.2. The summed E-state index contributed by atoms with van der Waals surface area (Å²) >= 11 is 0. The first-order valence-corrected chi connectivity index (χ1v) is 15.0. The Hall–Kier alpha value is -2.05. The minimum Gasteiger partial charge on any atom is -0.480 e. The van der Waals surface area contributed by atoms with Crippen LogP contribution in [0.3, 0.4) is 0 Å². The van der Waals surface area contributed by atoms with Crippen LogP contribution in [0.1, 0.15) is 92.2 Å². The number of phosphoric ester groups is 1. The van der Waals surface area contributed by atoms with E-state index in [1.165, 1.54) is 6.07 Å². The Bertz CT molecular complexity index is 1110. The molecule has 0 radical (unpaired) electrons. The molecule has 0 amide bonds. The highest BCUT2D eigenvalue weighted by Crippen LogP contribution is 2.56. The molecule has 0 aliphatic carbocycles. The smallest absolute Gasteiger partial charge is 0.475 e. The number of phosphoric acid groups is 1. The lowest BCUT2D eigenvalue weighted by Gasteiger charge is -2.33. The topological polar surface area (TPSA) is 75.6 Å². The Balaban J connectivity index is 2.21. The van der Waals surface area contributed by atoms with Crippen LogP contribution in [-0.2, 0) is 35.5 Å². The Labute approximate surface area is 236 Å². The molecule has 0 bridgehead atoms. The minimum atomic E-state index is -4.60. The van der Waals surface area contributed by atoms with Gasteiger partial charge < -0.3 is 9.47 Å². The molecule has 0 N–H and O–H groups in total. The highest BCUT2D eigenvalue weighted by atomic mass is 31.2. The van der Waals surface area contributed by atoms with Crippen molar-refractivity contribution in [2.75, 3.05) is 19.8 Å². The largest absolute Gasteiger partial charge is 0.480 e. The summed E-state index contributed by atoms with van der Waals surface area (Å²) in [4.78, 5) is 4.57. The molecule has 0 saturated heterocycles. The number of aryl methyl sites for hydroxylation is 1. The lowest BCUT2D eigenvalue weighted by molar-refractivity contribution is -0.138. The quantitative estimate of drug-likeness (QED) is 0.139. The summed E-state index contributed by atoms with van der Waals surface area (Å²) in [7, 11) is -4.03. The fourth-order valence-electron chi connectivity index (χ4n) is 3.83. The van der Waals surface area contributed by atoms with Crippen molar-refractivity contribution in [3.05, 3.63) is 29.3 Å². The Kier molecular flexibility index (Phi) is 11.7. The van der Waals surface area contributed by atoms with Crippen molar-refractivity contribution in [1.82, 2.24) is 0 Å². The number of halogens is 3. The van der Waals surface area contributed by atoms with Crippen LogP contribution in [0.5, 0.6) is 5.75 Å². The number of rotatable bonds is 12. The minimum absolute atomic E-state index is 0.119. The number of ether oxygens (including phenoxy) is 2. The third-order valence-corrected chi connectivity index (χ3v) is 7.50. The van der Waals surface area contributed by atoms with E-state index in [1.807, 2.05) is 6.92 Å². The van der Waals surface area contributed by atoms with E-state index in [0.717, 1.165) is 18.9 Å². The number of aliphatic imine (C=N–C) groups is 1. The summed E-state index contributed by atoms with van der Waals surface area (Å²) < 4.78 is 83.2. The Morgan fingerprint density at radius 2 is 1.73 bits per heavy atom. The van der Waals surface area contributed by atoms with Gasteiger partial charge in [-0.3, -0.25) is 13.6 Å². The second-order valence-electron chi connectivity index (χ2n) is 11.8. The molecule has 1 aliphatic heterocycles. The van der Waals surface area contributed by atoms with Gasteiger partial charge in [-0.25, -0.2) is 9.56 Å². The second-order valence-corrected chi connectivity index (χ2v) is 13.4. The van der Waals surface area contributed by atoms with E-state index in [2.05, 4.69) is 16.8 Å². The van der Waals surface area contributed by atoms with Gasteiger partial charge in [0.25, 0.3) is 0 Å². The third kappa shape index (κ3) is 11.8. The van der Waals surface area contributed by atoms with Crippen molar-refractivity contribution >= 4 is 13.7 Å². The first-order valence-electron chi connectivity index (χ1n) is 13.5. The summed E-state index contributed by atoms with van der Waals surface area (Å²) in [5.74, 6) is 5.81. The Morgan fingerprint density at radius 3 is 2.25 bits per heavy atom. The number of unbranched alkanes of at least 4 members (excludes halogenated alkanes) is 2. The molecule has 1 heterocycles. The molecule has 7 nitrogen and oxygen atoms in total. The van der Waals surface area contributed by atoms with Crippen molar-refractivity contribution in [3.8, 4) is 17.6 Å². The van der Waals surface area contributed by atoms with Crippen LogP contribution in [0.25, 0.3) is 0 Å². The highest BCUT2D eigenvalue weighted by Gasteiger charge is 2.43. The van der Waals surface area contributed by atoms with Crippen molar-refractivity contribution in [3.63, 3.8) is 0 Å². The van der Waals surface area contributed by atoms with Gasteiger partial charge in [0.15, 0.2) is 5.90 Å². The molecule has 2 rings (SSSR count). The molecule has 1 unspecified atom stereocenters. The van der Waals surface area contributed by atoms with E-state index in [-0.39, 0.29) is 38.4 Å². The monoisotopic (exact) mass is 589 g/mol. The van der Waals surface area contributed by atoms with E-state index in [0.29, 0.717) is 17.9 Å². The van der Waals surface area contributed by atoms with Gasteiger partial charge in [0.2, 0.25) is 0 Å². The SMILES string of the molecule is CCCCC#CCOc1ccc(CCC2(COP(=O)(OC(C)(C)C)OC(C)(C)C)COC(C)=N2)cc1C(F)(F)F. The summed E-state index contributed by atoms with van der Waals surface area (Å²) in [5.41, 5.74) is -3.05. The molecule has 11 heteroatoms. The molecular formula is C29H43F3NO6P. The normalized spacial score (nSPS) is 18.1. The highest BCUT2D eigenvalue weighted by molar-refractivity contribution is 7.48.